The highest BCUT2D eigenvalue weighted by Gasteiger charge is 2.75. The van der Waals surface area contributed by atoms with E-state index in [1.165, 1.54) is 27.9 Å². The van der Waals surface area contributed by atoms with Crippen molar-refractivity contribution in [1.29, 1.82) is 0 Å². The molecule has 0 N–H and O–H groups in total. The Bertz CT molecular complexity index is 1820. The van der Waals surface area contributed by atoms with Gasteiger partial charge >= 0.3 is 17.9 Å². The van der Waals surface area contributed by atoms with Gasteiger partial charge in [-0.05, 0) is 44.1 Å². The number of ether oxygens (including phenoxy) is 4. The zero-order valence-corrected chi connectivity index (χ0v) is 24.6. The van der Waals surface area contributed by atoms with E-state index in [4.69, 9.17) is 18.9 Å². The van der Waals surface area contributed by atoms with Gasteiger partial charge in [-0.2, -0.15) is 0 Å². The molecule has 4 aliphatic rings. The Labute approximate surface area is 248 Å². The van der Waals surface area contributed by atoms with Crippen molar-refractivity contribution < 1.29 is 38.1 Å². The lowest BCUT2D eigenvalue weighted by atomic mass is 9.44. The second kappa shape index (κ2) is 9.25. The number of rotatable bonds is 4. The lowest BCUT2D eigenvalue weighted by Gasteiger charge is -2.62. The zero-order valence-electron chi connectivity index (χ0n) is 24.6. The lowest BCUT2D eigenvalue weighted by Crippen LogP contribution is -2.68. The highest BCUT2D eigenvalue weighted by molar-refractivity contribution is 6.08. The predicted molar refractivity (Wildman–Crippen MR) is 156 cm³/mol. The van der Waals surface area contributed by atoms with Gasteiger partial charge in [0, 0.05) is 65.1 Å². The van der Waals surface area contributed by atoms with Gasteiger partial charge in [0.2, 0.25) is 0 Å². The zero-order chi connectivity index (χ0) is 30.4. The minimum atomic E-state index is -0.966. The third-order valence-corrected chi connectivity index (χ3v) is 9.83. The van der Waals surface area contributed by atoms with Gasteiger partial charge in [0.1, 0.15) is 11.5 Å². The van der Waals surface area contributed by atoms with Crippen LogP contribution in [-0.4, -0.2) is 55.3 Å². The van der Waals surface area contributed by atoms with E-state index in [0.717, 1.165) is 11.1 Å². The van der Waals surface area contributed by atoms with Crippen LogP contribution in [0.5, 0.6) is 23.0 Å². The molecule has 3 aromatic rings. The molecule has 0 radical (unpaired) electrons. The summed E-state index contributed by atoms with van der Waals surface area (Å²) in [5.41, 5.74) is 0.987. The molecular weight excluding hydrogens is 550 g/mol. The average Bonchev–Trinajstić information content (AvgIpc) is 3.16. The Hall–Kier alpha value is -4.50. The summed E-state index contributed by atoms with van der Waals surface area (Å²) in [5, 5.41) is 1.16. The summed E-state index contributed by atoms with van der Waals surface area (Å²) in [6.07, 6.45) is 4.65. The first-order valence-electron chi connectivity index (χ1n) is 14.3. The first-order chi connectivity index (χ1) is 20.6. The van der Waals surface area contributed by atoms with E-state index in [1.807, 2.05) is 30.3 Å². The molecule has 3 aliphatic carbocycles. The van der Waals surface area contributed by atoms with Crippen LogP contribution in [0.2, 0.25) is 0 Å². The monoisotopic (exact) mass is 581 g/mol. The summed E-state index contributed by atoms with van der Waals surface area (Å²) >= 11 is 0. The summed E-state index contributed by atoms with van der Waals surface area (Å²) in [6.45, 7) is 4.67. The molecule has 43 heavy (non-hydrogen) atoms. The molecule has 1 aliphatic heterocycles. The maximum absolute atomic E-state index is 14.4. The molecule has 0 aromatic heterocycles. The third kappa shape index (κ3) is 3.37. The Morgan fingerprint density at radius 3 is 2.14 bits per heavy atom. The molecule has 0 saturated carbocycles. The SMILES string of the molecule is COc1ccc2c(c1OC(C)=O)C13CCN(C)C(C2)C12C=CC(=O)C3c1c2c(OC(C)=O)c2ccccc2c1OC(C)=O. The molecule has 1 heterocycles. The standard InChI is InChI=1S/C34H31NO8/c1-17(36)41-30-21-8-6-7-9-22(21)31(42-18(2)37)29-26(30)28-23(39)12-13-33(29)25-16-20-10-11-24(40-5)32(43-19(3)38)27(20)34(28,33)14-15-35(25)4/h6-13,25,28H,14-16H2,1-5H3. The van der Waals surface area contributed by atoms with Gasteiger partial charge in [-0.15, -0.1) is 0 Å². The molecule has 4 atom stereocenters. The number of likely N-dealkylation sites (N-methyl/N-ethyl adjacent to an activating group) is 1. The molecule has 7 rings (SSSR count). The smallest absolute Gasteiger partial charge is 0.308 e. The van der Waals surface area contributed by atoms with Crippen molar-refractivity contribution in [1.82, 2.24) is 4.90 Å². The predicted octanol–water partition coefficient (Wildman–Crippen LogP) is 4.30. The average molecular weight is 582 g/mol. The summed E-state index contributed by atoms with van der Waals surface area (Å²) < 4.78 is 23.8. The summed E-state index contributed by atoms with van der Waals surface area (Å²) in [5.74, 6) is -1.24. The van der Waals surface area contributed by atoms with Gasteiger partial charge in [0.15, 0.2) is 17.3 Å². The van der Waals surface area contributed by atoms with Gasteiger partial charge in [0.05, 0.1) is 13.0 Å². The maximum Gasteiger partial charge on any atom is 0.308 e. The highest BCUT2D eigenvalue weighted by atomic mass is 16.6. The number of hydrogen-bond acceptors (Lipinski definition) is 9. The van der Waals surface area contributed by atoms with Gasteiger partial charge < -0.3 is 23.8 Å². The molecule has 1 saturated heterocycles. The normalized spacial score (nSPS) is 26.3. The number of ketones is 1. The van der Waals surface area contributed by atoms with Crippen LogP contribution in [0.1, 0.15) is 55.4 Å². The largest absolute Gasteiger partial charge is 0.493 e. The lowest BCUT2D eigenvalue weighted by molar-refractivity contribution is -0.133. The van der Waals surface area contributed by atoms with Crippen LogP contribution in [0.15, 0.2) is 48.6 Å². The fourth-order valence-corrected chi connectivity index (χ4v) is 8.67. The second-order valence-corrected chi connectivity index (χ2v) is 11.9. The summed E-state index contributed by atoms with van der Waals surface area (Å²) in [4.78, 5) is 54.6. The quantitative estimate of drug-likeness (QED) is 0.329. The van der Waals surface area contributed by atoms with Crippen molar-refractivity contribution in [2.45, 2.75) is 56.4 Å². The first-order valence-corrected chi connectivity index (χ1v) is 14.3. The first kappa shape index (κ1) is 27.3. The Morgan fingerprint density at radius 2 is 1.49 bits per heavy atom. The number of esters is 3. The minimum absolute atomic E-state index is 0.166. The van der Waals surface area contributed by atoms with E-state index in [0.29, 0.717) is 52.8 Å². The van der Waals surface area contributed by atoms with E-state index in [2.05, 4.69) is 11.9 Å². The number of piperidine rings is 1. The van der Waals surface area contributed by atoms with E-state index < -0.39 is 34.7 Å². The number of benzene rings is 3. The van der Waals surface area contributed by atoms with Gasteiger partial charge in [-0.25, -0.2) is 0 Å². The van der Waals surface area contributed by atoms with Crippen molar-refractivity contribution in [3.63, 3.8) is 0 Å². The number of carbonyl (C=O) groups excluding carboxylic acids is 4. The van der Waals surface area contributed by atoms with Gasteiger partial charge in [-0.1, -0.05) is 36.4 Å². The van der Waals surface area contributed by atoms with Crippen molar-refractivity contribution in [2.24, 2.45) is 0 Å². The van der Waals surface area contributed by atoms with Crippen LogP contribution in [0.3, 0.4) is 0 Å². The van der Waals surface area contributed by atoms with Crippen LogP contribution in [0.4, 0.5) is 0 Å². The molecule has 9 nitrogen and oxygen atoms in total. The second-order valence-electron chi connectivity index (χ2n) is 11.9. The summed E-state index contributed by atoms with van der Waals surface area (Å²) in [7, 11) is 3.57. The van der Waals surface area contributed by atoms with Crippen molar-refractivity contribution in [3.8, 4) is 23.0 Å². The van der Waals surface area contributed by atoms with Crippen molar-refractivity contribution >= 4 is 34.5 Å². The van der Waals surface area contributed by atoms with Crippen molar-refractivity contribution in [3.05, 3.63) is 70.8 Å². The molecule has 0 spiro atoms. The molecule has 220 valence electrons. The van der Waals surface area contributed by atoms with Crippen LogP contribution in [0.25, 0.3) is 10.8 Å². The molecule has 4 unspecified atom stereocenters. The number of hydrogen-bond donors (Lipinski definition) is 0. The van der Waals surface area contributed by atoms with Crippen LogP contribution < -0.4 is 18.9 Å². The summed E-state index contributed by atoms with van der Waals surface area (Å²) in [6, 6.07) is 10.9. The number of methoxy groups -OCH3 is 1. The van der Waals surface area contributed by atoms with Gasteiger partial charge in [0.25, 0.3) is 0 Å². The van der Waals surface area contributed by atoms with Crippen LogP contribution in [-0.2, 0) is 36.4 Å². The molecule has 0 amide bonds. The van der Waals surface area contributed by atoms with Crippen molar-refractivity contribution in [2.75, 3.05) is 20.7 Å². The van der Waals surface area contributed by atoms with E-state index in [1.54, 1.807) is 18.2 Å². The van der Waals surface area contributed by atoms with Crippen LogP contribution >= 0.6 is 0 Å². The third-order valence-electron chi connectivity index (χ3n) is 9.83. The molecule has 3 aromatic carbocycles. The number of likely N-dealkylation sites (tertiary alicyclic amines) is 1. The fourth-order valence-electron chi connectivity index (χ4n) is 8.67. The fraction of sp³-hybridized carbons (Fsp3) is 0.353. The van der Waals surface area contributed by atoms with Gasteiger partial charge in [-0.3, -0.25) is 19.2 Å². The molecule has 9 heteroatoms. The van der Waals surface area contributed by atoms with E-state index in [9.17, 15) is 19.2 Å². The molecule has 1 fully saturated rings. The highest BCUT2D eigenvalue weighted by Crippen LogP contribution is 2.75. The number of allylic oxidation sites excluding steroid dienone is 1. The number of nitrogens with zero attached hydrogens (tertiary/aromatic N) is 1. The Balaban J connectivity index is 1.72. The topological polar surface area (TPSA) is 108 Å². The van der Waals surface area contributed by atoms with Crippen LogP contribution in [0, 0.1) is 0 Å². The minimum Gasteiger partial charge on any atom is -0.493 e. The Morgan fingerprint density at radius 1 is 0.860 bits per heavy atom. The van der Waals surface area contributed by atoms with E-state index >= 15 is 0 Å². The maximum atomic E-state index is 14.4. The number of fused-ring (bicyclic) bond motifs is 4. The number of carbonyl (C=O) groups is 4. The molecule has 4 bridgehead atoms. The molecular formula is C34H31NO8. The Kier molecular flexibility index (Phi) is 5.88. The van der Waals surface area contributed by atoms with E-state index in [-0.39, 0.29) is 23.3 Å².